The van der Waals surface area contributed by atoms with Crippen molar-refractivity contribution in [2.45, 2.75) is 12.6 Å². The van der Waals surface area contributed by atoms with E-state index in [0.717, 1.165) is 17.7 Å². The Hall–Kier alpha value is -1.65. The molecule has 3 nitrogen and oxygen atoms in total. The Morgan fingerprint density at radius 1 is 1.28 bits per heavy atom. The fourth-order valence-electron chi connectivity index (χ4n) is 2.04. The minimum absolute atomic E-state index is 0.0699. The fraction of sp³-hybridized carbons (Fsp3) is 0.286. The van der Waals surface area contributed by atoms with E-state index in [1.807, 2.05) is 13.1 Å². The van der Waals surface area contributed by atoms with E-state index in [9.17, 15) is 4.39 Å². The van der Waals surface area contributed by atoms with E-state index in [0.29, 0.717) is 6.54 Å². The molecule has 0 saturated heterocycles. The molecule has 0 bridgehead atoms. The smallest absolute Gasteiger partial charge is 0.123 e. The van der Waals surface area contributed by atoms with Gasteiger partial charge in [-0.2, -0.15) is 0 Å². The van der Waals surface area contributed by atoms with Crippen molar-refractivity contribution in [2.75, 3.05) is 13.6 Å². The van der Waals surface area contributed by atoms with Crippen LogP contribution in [-0.2, 0) is 6.54 Å². The summed E-state index contributed by atoms with van der Waals surface area (Å²) in [7, 11) is 1.99. The van der Waals surface area contributed by atoms with Gasteiger partial charge in [-0.05, 0) is 30.8 Å². The molecule has 1 aromatic carbocycles. The molecule has 2 aromatic rings. The van der Waals surface area contributed by atoms with Gasteiger partial charge in [0.15, 0.2) is 0 Å². The first-order valence-electron chi connectivity index (χ1n) is 5.87. The number of nitrogens with two attached hydrogens (primary N) is 1. The lowest BCUT2D eigenvalue weighted by Gasteiger charge is -2.26. The van der Waals surface area contributed by atoms with Gasteiger partial charge in [0, 0.05) is 24.7 Å². The van der Waals surface area contributed by atoms with Gasteiger partial charge < -0.3 is 10.2 Å². The largest absolute Gasteiger partial charge is 0.472 e. The maximum atomic E-state index is 12.9. The van der Waals surface area contributed by atoms with Crippen molar-refractivity contribution < 1.29 is 8.81 Å². The number of halogens is 1. The van der Waals surface area contributed by atoms with Crippen LogP contribution in [0.2, 0.25) is 0 Å². The van der Waals surface area contributed by atoms with Gasteiger partial charge in [-0.25, -0.2) is 4.39 Å². The molecule has 0 aliphatic rings. The van der Waals surface area contributed by atoms with Gasteiger partial charge in [0.2, 0.25) is 0 Å². The Morgan fingerprint density at radius 2 is 2.00 bits per heavy atom. The Morgan fingerprint density at radius 3 is 2.56 bits per heavy atom. The molecule has 1 heterocycles. The Kier molecular flexibility index (Phi) is 4.12. The first-order valence-corrected chi connectivity index (χ1v) is 5.87. The molecule has 1 unspecified atom stereocenters. The predicted octanol–water partition coefficient (Wildman–Crippen LogP) is 2.55. The van der Waals surface area contributed by atoms with Gasteiger partial charge in [0.05, 0.1) is 12.5 Å². The molecule has 1 atom stereocenters. The van der Waals surface area contributed by atoms with Gasteiger partial charge >= 0.3 is 0 Å². The number of hydrogen-bond acceptors (Lipinski definition) is 3. The Labute approximate surface area is 106 Å². The molecular weight excluding hydrogens is 231 g/mol. The summed E-state index contributed by atoms with van der Waals surface area (Å²) in [6, 6.07) is 8.47. The molecule has 2 N–H and O–H groups in total. The van der Waals surface area contributed by atoms with Crippen molar-refractivity contribution in [1.29, 1.82) is 0 Å². The van der Waals surface area contributed by atoms with Crippen molar-refractivity contribution >= 4 is 0 Å². The minimum Gasteiger partial charge on any atom is -0.472 e. The van der Waals surface area contributed by atoms with Crippen LogP contribution >= 0.6 is 0 Å². The van der Waals surface area contributed by atoms with E-state index in [2.05, 4.69) is 4.90 Å². The summed E-state index contributed by atoms with van der Waals surface area (Å²) in [5.74, 6) is -0.230. The zero-order valence-corrected chi connectivity index (χ0v) is 10.3. The number of nitrogens with zero attached hydrogens (tertiary/aromatic N) is 1. The highest BCUT2D eigenvalue weighted by Gasteiger charge is 2.15. The van der Waals surface area contributed by atoms with Crippen molar-refractivity contribution in [2.24, 2.45) is 5.73 Å². The van der Waals surface area contributed by atoms with Crippen molar-refractivity contribution in [3.05, 3.63) is 59.8 Å². The van der Waals surface area contributed by atoms with Crippen LogP contribution in [-0.4, -0.2) is 18.5 Å². The molecule has 0 spiro atoms. The third kappa shape index (κ3) is 2.97. The summed E-state index contributed by atoms with van der Waals surface area (Å²) in [6.07, 6.45) is 3.37. The predicted molar refractivity (Wildman–Crippen MR) is 68.4 cm³/mol. The third-order valence-corrected chi connectivity index (χ3v) is 3.02. The summed E-state index contributed by atoms with van der Waals surface area (Å²) in [5.41, 5.74) is 7.93. The fourth-order valence-corrected chi connectivity index (χ4v) is 2.04. The monoisotopic (exact) mass is 248 g/mol. The van der Waals surface area contributed by atoms with Crippen LogP contribution < -0.4 is 5.73 Å². The summed E-state index contributed by atoms with van der Waals surface area (Å²) < 4.78 is 17.9. The highest BCUT2D eigenvalue weighted by molar-refractivity contribution is 5.20. The Bertz CT molecular complexity index is 467. The SMILES string of the molecule is CN(Cc1ccoc1)C(CN)c1ccc(F)cc1. The van der Waals surface area contributed by atoms with Crippen molar-refractivity contribution in [1.82, 2.24) is 4.90 Å². The molecule has 1 aromatic heterocycles. The van der Waals surface area contributed by atoms with Crippen LogP contribution in [0.15, 0.2) is 47.3 Å². The normalized spacial score (nSPS) is 12.9. The van der Waals surface area contributed by atoms with Gasteiger partial charge in [-0.15, -0.1) is 0 Å². The summed E-state index contributed by atoms with van der Waals surface area (Å²) in [6.45, 7) is 1.23. The average molecular weight is 248 g/mol. The first kappa shape index (κ1) is 12.8. The number of furan rings is 1. The molecule has 0 radical (unpaired) electrons. The maximum Gasteiger partial charge on any atom is 0.123 e. The zero-order valence-electron chi connectivity index (χ0n) is 10.3. The van der Waals surface area contributed by atoms with E-state index in [-0.39, 0.29) is 11.9 Å². The maximum absolute atomic E-state index is 12.9. The summed E-state index contributed by atoms with van der Waals surface area (Å²) in [4.78, 5) is 2.12. The second-order valence-corrected chi connectivity index (χ2v) is 4.35. The van der Waals surface area contributed by atoms with Crippen LogP contribution in [0, 0.1) is 5.82 Å². The third-order valence-electron chi connectivity index (χ3n) is 3.02. The highest BCUT2D eigenvalue weighted by atomic mass is 19.1. The molecular formula is C14H17FN2O. The number of benzene rings is 1. The van der Waals surface area contributed by atoms with E-state index in [1.54, 1.807) is 24.7 Å². The average Bonchev–Trinajstić information content (AvgIpc) is 2.85. The molecule has 0 amide bonds. The minimum atomic E-state index is -0.230. The molecule has 96 valence electrons. The molecule has 0 fully saturated rings. The van der Waals surface area contributed by atoms with Gasteiger partial charge in [0.25, 0.3) is 0 Å². The van der Waals surface area contributed by atoms with E-state index >= 15 is 0 Å². The van der Waals surface area contributed by atoms with Gasteiger partial charge in [-0.3, -0.25) is 4.90 Å². The number of hydrogen-bond donors (Lipinski definition) is 1. The van der Waals surface area contributed by atoms with E-state index < -0.39 is 0 Å². The quantitative estimate of drug-likeness (QED) is 0.884. The zero-order chi connectivity index (χ0) is 13.0. The standard InChI is InChI=1S/C14H17FN2O/c1-17(9-11-6-7-18-10-11)14(8-16)12-2-4-13(15)5-3-12/h2-7,10,14H,8-9,16H2,1H3. The van der Waals surface area contributed by atoms with Crippen molar-refractivity contribution in [3.8, 4) is 0 Å². The van der Waals surface area contributed by atoms with E-state index in [1.165, 1.54) is 12.1 Å². The topological polar surface area (TPSA) is 42.4 Å². The lowest BCUT2D eigenvalue weighted by molar-refractivity contribution is 0.241. The molecule has 18 heavy (non-hydrogen) atoms. The molecule has 0 aliphatic heterocycles. The van der Waals surface area contributed by atoms with Crippen LogP contribution in [0.3, 0.4) is 0 Å². The van der Waals surface area contributed by atoms with Crippen LogP contribution in [0.4, 0.5) is 4.39 Å². The van der Waals surface area contributed by atoms with Gasteiger partial charge in [0.1, 0.15) is 5.82 Å². The van der Waals surface area contributed by atoms with Crippen LogP contribution in [0.1, 0.15) is 17.2 Å². The molecule has 0 saturated carbocycles. The van der Waals surface area contributed by atoms with Crippen molar-refractivity contribution in [3.63, 3.8) is 0 Å². The van der Waals surface area contributed by atoms with Crippen LogP contribution in [0.25, 0.3) is 0 Å². The number of rotatable bonds is 5. The second-order valence-electron chi connectivity index (χ2n) is 4.35. The van der Waals surface area contributed by atoms with Crippen LogP contribution in [0.5, 0.6) is 0 Å². The molecule has 0 aliphatic carbocycles. The molecule has 2 rings (SSSR count). The highest BCUT2D eigenvalue weighted by Crippen LogP contribution is 2.20. The lowest BCUT2D eigenvalue weighted by Crippen LogP contribution is -2.30. The first-order chi connectivity index (χ1) is 8.70. The summed E-state index contributed by atoms with van der Waals surface area (Å²) >= 11 is 0. The van der Waals surface area contributed by atoms with Gasteiger partial charge in [-0.1, -0.05) is 12.1 Å². The number of likely N-dealkylation sites (N-methyl/N-ethyl adjacent to an activating group) is 1. The second kappa shape index (κ2) is 5.80. The molecule has 4 heteroatoms. The lowest BCUT2D eigenvalue weighted by atomic mass is 10.1. The van der Waals surface area contributed by atoms with E-state index in [4.69, 9.17) is 10.2 Å². The summed E-state index contributed by atoms with van der Waals surface area (Å²) in [5, 5.41) is 0. The Balaban J connectivity index is 2.10.